The van der Waals surface area contributed by atoms with Crippen LogP contribution in [-0.4, -0.2) is 44.7 Å². The third-order valence-electron chi connectivity index (χ3n) is 7.91. The molecule has 1 aromatic rings. The van der Waals surface area contributed by atoms with Crippen LogP contribution < -0.4 is 5.56 Å². The lowest BCUT2D eigenvalue weighted by atomic mass is 9.99. The molecule has 0 unspecified atom stereocenters. The molecule has 5 rings (SSSR count). The van der Waals surface area contributed by atoms with Crippen LogP contribution in [0.15, 0.2) is 4.79 Å². The molecule has 2 aliphatic carbocycles. The Kier molecular flexibility index (Phi) is 5.61. The van der Waals surface area contributed by atoms with Crippen LogP contribution in [0, 0.1) is 17.8 Å². The van der Waals surface area contributed by atoms with Crippen LogP contribution in [-0.2, 0) is 22.6 Å². The molecule has 1 saturated heterocycles. The Labute approximate surface area is 183 Å². The minimum absolute atomic E-state index is 0.130. The minimum atomic E-state index is -0.142. The van der Waals surface area contributed by atoms with E-state index in [1.807, 2.05) is 9.80 Å². The van der Waals surface area contributed by atoms with E-state index in [2.05, 4.69) is 11.9 Å². The lowest BCUT2D eigenvalue weighted by Crippen LogP contribution is -2.43. The molecule has 2 saturated carbocycles. The zero-order valence-electron chi connectivity index (χ0n) is 18.6. The fourth-order valence-electron chi connectivity index (χ4n) is 5.76. The molecule has 0 spiro atoms. The molecule has 0 aromatic carbocycles. The number of amides is 2. The molecule has 4 aliphatic rings. The van der Waals surface area contributed by atoms with Gasteiger partial charge in [-0.3, -0.25) is 14.4 Å². The van der Waals surface area contributed by atoms with Gasteiger partial charge >= 0.3 is 0 Å². The van der Waals surface area contributed by atoms with E-state index in [-0.39, 0.29) is 29.3 Å². The Morgan fingerprint density at radius 2 is 1.84 bits per heavy atom. The van der Waals surface area contributed by atoms with E-state index < -0.39 is 0 Å². The van der Waals surface area contributed by atoms with Crippen molar-refractivity contribution in [1.82, 2.24) is 19.8 Å². The molecular formula is C24H34N4O3. The standard InChI is InChI=1S/C24H34N4O3/c1-15-12-17(15)24(31)28-10-5-4-8-20(28)22-25-19-9-11-27(14-18(19)23(30)26-22)21(29)13-16-6-2-3-7-16/h15-17,20H,2-14H2,1H3,(H,25,26,30)/t15-,17-,20+/m0/s1. The maximum atomic E-state index is 13.0. The molecular weight excluding hydrogens is 392 g/mol. The molecule has 1 aromatic heterocycles. The number of nitrogens with one attached hydrogen (secondary N) is 1. The first-order valence-corrected chi connectivity index (χ1v) is 12.2. The van der Waals surface area contributed by atoms with E-state index in [0.29, 0.717) is 49.2 Å². The van der Waals surface area contributed by atoms with Gasteiger partial charge in [-0.1, -0.05) is 19.8 Å². The number of piperidine rings is 1. The van der Waals surface area contributed by atoms with Gasteiger partial charge in [0, 0.05) is 31.8 Å². The lowest BCUT2D eigenvalue weighted by Gasteiger charge is -2.36. The number of H-pyrrole nitrogens is 1. The summed E-state index contributed by atoms with van der Waals surface area (Å²) in [5, 5.41) is 0. The third-order valence-corrected chi connectivity index (χ3v) is 7.91. The van der Waals surface area contributed by atoms with Gasteiger partial charge in [0.05, 0.1) is 23.8 Å². The van der Waals surface area contributed by atoms with Crippen LogP contribution in [0.5, 0.6) is 0 Å². The molecule has 31 heavy (non-hydrogen) atoms. The zero-order chi connectivity index (χ0) is 21.5. The normalized spacial score (nSPS) is 28.5. The molecule has 2 aliphatic heterocycles. The number of aromatic amines is 1. The molecule has 7 nitrogen and oxygen atoms in total. The van der Waals surface area contributed by atoms with E-state index in [0.717, 1.165) is 50.8 Å². The van der Waals surface area contributed by atoms with Crippen LogP contribution in [0.2, 0.25) is 0 Å². The Morgan fingerprint density at radius 3 is 2.58 bits per heavy atom. The summed E-state index contributed by atoms with van der Waals surface area (Å²) in [6.45, 7) is 3.86. The van der Waals surface area contributed by atoms with Gasteiger partial charge in [0.25, 0.3) is 5.56 Å². The second kappa shape index (κ2) is 8.40. The number of carbonyl (C=O) groups is 2. The molecule has 3 fully saturated rings. The van der Waals surface area contributed by atoms with Gasteiger partial charge in [0.15, 0.2) is 0 Å². The minimum Gasteiger partial charge on any atom is -0.338 e. The number of aromatic nitrogens is 2. The first-order chi connectivity index (χ1) is 15.0. The number of rotatable bonds is 4. The van der Waals surface area contributed by atoms with Gasteiger partial charge in [0.2, 0.25) is 11.8 Å². The van der Waals surface area contributed by atoms with E-state index in [4.69, 9.17) is 4.98 Å². The third kappa shape index (κ3) is 4.15. The molecule has 168 valence electrons. The van der Waals surface area contributed by atoms with Gasteiger partial charge in [-0.05, 0) is 50.4 Å². The van der Waals surface area contributed by atoms with Crippen molar-refractivity contribution < 1.29 is 9.59 Å². The summed E-state index contributed by atoms with van der Waals surface area (Å²) in [6.07, 6.45) is 9.86. The highest BCUT2D eigenvalue weighted by molar-refractivity contribution is 5.82. The molecule has 2 amide bonds. The molecule has 3 heterocycles. The first-order valence-electron chi connectivity index (χ1n) is 12.2. The smallest absolute Gasteiger partial charge is 0.256 e. The maximum Gasteiger partial charge on any atom is 0.256 e. The largest absolute Gasteiger partial charge is 0.338 e. The molecule has 3 atom stereocenters. The predicted octanol–water partition coefficient (Wildman–Crippen LogP) is 2.94. The predicted molar refractivity (Wildman–Crippen MR) is 116 cm³/mol. The second-order valence-corrected chi connectivity index (χ2v) is 10.2. The van der Waals surface area contributed by atoms with Crippen LogP contribution in [0.25, 0.3) is 0 Å². The highest BCUT2D eigenvalue weighted by Crippen LogP contribution is 2.42. The lowest BCUT2D eigenvalue weighted by molar-refractivity contribution is -0.137. The molecule has 0 radical (unpaired) electrons. The van der Waals surface area contributed by atoms with Crippen LogP contribution in [0.4, 0.5) is 0 Å². The summed E-state index contributed by atoms with van der Waals surface area (Å²) < 4.78 is 0. The van der Waals surface area contributed by atoms with Crippen molar-refractivity contribution in [2.45, 2.75) is 83.7 Å². The van der Waals surface area contributed by atoms with Gasteiger partial charge < -0.3 is 14.8 Å². The van der Waals surface area contributed by atoms with Crippen molar-refractivity contribution in [3.8, 4) is 0 Å². The van der Waals surface area contributed by atoms with Gasteiger partial charge in [-0.25, -0.2) is 4.98 Å². The number of nitrogens with zero attached hydrogens (tertiary/aromatic N) is 3. The quantitative estimate of drug-likeness (QED) is 0.802. The number of carbonyl (C=O) groups excluding carboxylic acids is 2. The summed E-state index contributed by atoms with van der Waals surface area (Å²) in [6, 6.07) is -0.130. The molecule has 0 bridgehead atoms. The summed E-state index contributed by atoms with van der Waals surface area (Å²) in [5.41, 5.74) is 1.29. The van der Waals surface area contributed by atoms with Crippen LogP contribution in [0.1, 0.15) is 87.8 Å². The number of fused-ring (bicyclic) bond motifs is 1. The number of hydrogen-bond donors (Lipinski definition) is 1. The second-order valence-electron chi connectivity index (χ2n) is 10.2. The average Bonchev–Trinajstić information content (AvgIpc) is 3.28. The first kappa shape index (κ1) is 20.7. The van der Waals surface area contributed by atoms with Crippen molar-refractivity contribution >= 4 is 11.8 Å². The number of likely N-dealkylation sites (tertiary alicyclic amines) is 1. The zero-order valence-corrected chi connectivity index (χ0v) is 18.6. The average molecular weight is 427 g/mol. The van der Waals surface area contributed by atoms with E-state index in [1.54, 1.807) is 0 Å². The topological polar surface area (TPSA) is 86.4 Å². The van der Waals surface area contributed by atoms with Crippen molar-refractivity contribution in [1.29, 1.82) is 0 Å². The summed E-state index contributed by atoms with van der Waals surface area (Å²) in [5.74, 6) is 2.15. The fourth-order valence-corrected chi connectivity index (χ4v) is 5.76. The van der Waals surface area contributed by atoms with Crippen molar-refractivity contribution in [3.05, 3.63) is 27.4 Å². The van der Waals surface area contributed by atoms with Crippen molar-refractivity contribution in [2.75, 3.05) is 13.1 Å². The van der Waals surface area contributed by atoms with Crippen LogP contribution >= 0.6 is 0 Å². The van der Waals surface area contributed by atoms with E-state index >= 15 is 0 Å². The van der Waals surface area contributed by atoms with Gasteiger partial charge in [-0.2, -0.15) is 0 Å². The SMILES string of the molecule is C[C@H]1C[C@@H]1C(=O)N1CCCC[C@@H]1c1nc2c(c(=O)[nH]1)CN(C(=O)CC1CCCC1)CC2. The Bertz CT molecular complexity index is 920. The number of hydrogen-bond acceptors (Lipinski definition) is 4. The maximum absolute atomic E-state index is 13.0. The highest BCUT2D eigenvalue weighted by Gasteiger charge is 2.44. The van der Waals surface area contributed by atoms with Crippen molar-refractivity contribution in [2.24, 2.45) is 17.8 Å². The fraction of sp³-hybridized carbons (Fsp3) is 0.750. The van der Waals surface area contributed by atoms with Crippen LogP contribution in [0.3, 0.4) is 0 Å². The Hall–Kier alpha value is -2.18. The monoisotopic (exact) mass is 426 g/mol. The Morgan fingerprint density at radius 1 is 1.10 bits per heavy atom. The van der Waals surface area contributed by atoms with Gasteiger partial charge in [0.1, 0.15) is 5.82 Å². The Balaban J connectivity index is 1.32. The van der Waals surface area contributed by atoms with Gasteiger partial charge in [-0.15, -0.1) is 0 Å². The summed E-state index contributed by atoms with van der Waals surface area (Å²) >= 11 is 0. The van der Waals surface area contributed by atoms with E-state index in [1.165, 1.54) is 12.8 Å². The summed E-state index contributed by atoms with van der Waals surface area (Å²) in [7, 11) is 0. The summed E-state index contributed by atoms with van der Waals surface area (Å²) in [4.78, 5) is 50.3. The van der Waals surface area contributed by atoms with Crippen molar-refractivity contribution in [3.63, 3.8) is 0 Å². The molecule has 1 N–H and O–H groups in total. The van der Waals surface area contributed by atoms with E-state index in [9.17, 15) is 14.4 Å². The highest BCUT2D eigenvalue weighted by atomic mass is 16.2. The molecule has 7 heteroatoms.